The summed E-state index contributed by atoms with van der Waals surface area (Å²) in [5.41, 5.74) is -0.0161. The van der Waals surface area contributed by atoms with Crippen LogP contribution < -0.4 is 15.5 Å². The van der Waals surface area contributed by atoms with Gasteiger partial charge in [0, 0.05) is 19.1 Å². The van der Waals surface area contributed by atoms with E-state index in [2.05, 4.69) is 10.6 Å². The number of nitrogens with one attached hydrogen (secondary N) is 2. The summed E-state index contributed by atoms with van der Waals surface area (Å²) in [6.45, 7) is 2.16. The molecule has 8 heteroatoms. The van der Waals surface area contributed by atoms with E-state index >= 15 is 0 Å². The van der Waals surface area contributed by atoms with E-state index in [4.69, 9.17) is 4.74 Å². The Balaban J connectivity index is 1.78. The smallest absolute Gasteiger partial charge is 0.378 e. The van der Waals surface area contributed by atoms with Crippen molar-refractivity contribution in [1.29, 1.82) is 0 Å². The summed E-state index contributed by atoms with van der Waals surface area (Å²) in [5.74, 6) is 0. The molecule has 0 radical (unpaired) electrons. The van der Waals surface area contributed by atoms with Gasteiger partial charge in [0.25, 0.3) is 0 Å². The number of urea groups is 1. The number of hydrogen-bond acceptors (Lipinski definition) is 3. The lowest BCUT2D eigenvalue weighted by Gasteiger charge is -2.31. The molecule has 1 aromatic carbocycles. The molecular weight excluding hydrogens is 347 g/mol. The van der Waals surface area contributed by atoms with Gasteiger partial charge in [-0.05, 0) is 31.0 Å². The largest absolute Gasteiger partial charge is 0.416 e. The molecule has 0 spiro atoms. The second-order valence-electron chi connectivity index (χ2n) is 6.76. The molecule has 3 rings (SSSR count). The van der Waals surface area contributed by atoms with Crippen LogP contribution in [0.3, 0.4) is 0 Å². The number of carbonyl (C=O) groups excluding carboxylic acids is 1. The number of rotatable bonds is 3. The van der Waals surface area contributed by atoms with E-state index in [1.165, 1.54) is 6.07 Å². The van der Waals surface area contributed by atoms with Gasteiger partial charge in [0.05, 0.1) is 30.2 Å². The van der Waals surface area contributed by atoms with Crippen LogP contribution in [0.5, 0.6) is 0 Å². The molecular formula is C18H24F3N3O2. The third kappa shape index (κ3) is 4.81. The van der Waals surface area contributed by atoms with Crippen molar-refractivity contribution < 1.29 is 22.7 Å². The number of alkyl halides is 3. The quantitative estimate of drug-likeness (QED) is 0.845. The number of halogens is 3. The topological polar surface area (TPSA) is 53.6 Å². The van der Waals surface area contributed by atoms with Gasteiger partial charge in [0.15, 0.2) is 0 Å². The second kappa shape index (κ2) is 8.16. The molecule has 2 N–H and O–H groups in total. The van der Waals surface area contributed by atoms with Gasteiger partial charge in [-0.2, -0.15) is 13.2 Å². The number of morpholine rings is 1. The zero-order valence-corrected chi connectivity index (χ0v) is 14.6. The first-order valence-electron chi connectivity index (χ1n) is 9.05. The second-order valence-corrected chi connectivity index (χ2v) is 6.76. The Morgan fingerprint density at radius 3 is 2.46 bits per heavy atom. The third-order valence-electron chi connectivity index (χ3n) is 4.86. The van der Waals surface area contributed by atoms with Crippen molar-refractivity contribution in [3.63, 3.8) is 0 Å². The van der Waals surface area contributed by atoms with E-state index in [1.807, 2.05) is 4.90 Å². The minimum atomic E-state index is -4.46. The predicted octanol–water partition coefficient (Wildman–Crippen LogP) is 4.00. The van der Waals surface area contributed by atoms with Gasteiger partial charge >= 0.3 is 12.2 Å². The monoisotopic (exact) mass is 371 g/mol. The molecule has 0 unspecified atom stereocenters. The van der Waals surface area contributed by atoms with Crippen molar-refractivity contribution in [2.75, 3.05) is 36.5 Å². The van der Waals surface area contributed by atoms with E-state index < -0.39 is 17.8 Å². The van der Waals surface area contributed by atoms with Crippen LogP contribution in [0, 0.1) is 0 Å². The molecule has 1 aromatic rings. The van der Waals surface area contributed by atoms with E-state index in [9.17, 15) is 18.0 Å². The maximum absolute atomic E-state index is 13.1. The maximum atomic E-state index is 13.1. The number of carbonyl (C=O) groups is 1. The average molecular weight is 371 g/mol. The summed E-state index contributed by atoms with van der Waals surface area (Å²) < 4.78 is 44.6. The lowest BCUT2D eigenvalue weighted by Crippen LogP contribution is -2.40. The average Bonchev–Trinajstić information content (AvgIpc) is 2.62. The summed E-state index contributed by atoms with van der Waals surface area (Å²) in [4.78, 5) is 14.3. The summed E-state index contributed by atoms with van der Waals surface area (Å²) >= 11 is 0. The van der Waals surface area contributed by atoms with Crippen LogP contribution in [0.1, 0.15) is 37.7 Å². The molecule has 1 aliphatic heterocycles. The molecule has 2 fully saturated rings. The van der Waals surface area contributed by atoms with Gasteiger partial charge in [-0.25, -0.2) is 4.79 Å². The van der Waals surface area contributed by atoms with Gasteiger partial charge in [-0.15, -0.1) is 0 Å². The van der Waals surface area contributed by atoms with Gasteiger partial charge in [-0.3, -0.25) is 0 Å². The summed E-state index contributed by atoms with van der Waals surface area (Å²) in [7, 11) is 0. The first-order valence-corrected chi connectivity index (χ1v) is 9.05. The normalized spacial score (nSPS) is 19.3. The Labute approximate surface area is 150 Å². The summed E-state index contributed by atoms with van der Waals surface area (Å²) in [6, 6.07) is 3.11. The van der Waals surface area contributed by atoms with Crippen LogP contribution in [0.2, 0.25) is 0 Å². The van der Waals surface area contributed by atoms with Crippen LogP contribution in [-0.4, -0.2) is 38.4 Å². The van der Waals surface area contributed by atoms with Crippen molar-refractivity contribution >= 4 is 17.4 Å². The highest BCUT2D eigenvalue weighted by Gasteiger charge is 2.32. The molecule has 1 heterocycles. The SMILES string of the molecule is O=C(Nc1cc(C(F)(F)F)ccc1N1CCOCC1)NC1CCCCC1. The molecule has 1 aliphatic carbocycles. The van der Waals surface area contributed by atoms with Gasteiger partial charge < -0.3 is 20.3 Å². The van der Waals surface area contributed by atoms with Gasteiger partial charge in [0.1, 0.15) is 0 Å². The Kier molecular flexibility index (Phi) is 5.90. The predicted molar refractivity (Wildman–Crippen MR) is 93.5 cm³/mol. The highest BCUT2D eigenvalue weighted by molar-refractivity contribution is 5.93. The van der Waals surface area contributed by atoms with Crippen LogP contribution in [0.15, 0.2) is 18.2 Å². The summed E-state index contributed by atoms with van der Waals surface area (Å²) in [6.07, 6.45) is 0.647. The lowest BCUT2D eigenvalue weighted by atomic mass is 9.96. The van der Waals surface area contributed by atoms with Crippen molar-refractivity contribution in [1.82, 2.24) is 5.32 Å². The standard InChI is InChI=1S/C18H24F3N3O2/c19-18(20,21)13-6-7-16(24-8-10-26-11-9-24)15(12-13)23-17(25)22-14-4-2-1-3-5-14/h6-7,12,14H,1-5,8-11H2,(H2,22,23,25). The van der Waals surface area contributed by atoms with Crippen molar-refractivity contribution in [2.45, 2.75) is 44.3 Å². The molecule has 2 aliphatic rings. The molecule has 1 saturated carbocycles. The minimum Gasteiger partial charge on any atom is -0.378 e. The minimum absolute atomic E-state index is 0.0846. The maximum Gasteiger partial charge on any atom is 0.416 e. The zero-order valence-electron chi connectivity index (χ0n) is 14.6. The fraction of sp³-hybridized carbons (Fsp3) is 0.611. The first kappa shape index (κ1) is 18.8. The molecule has 2 amide bonds. The van der Waals surface area contributed by atoms with Gasteiger partial charge in [-0.1, -0.05) is 19.3 Å². The van der Waals surface area contributed by atoms with Crippen molar-refractivity contribution in [3.05, 3.63) is 23.8 Å². The van der Waals surface area contributed by atoms with Crippen LogP contribution in [-0.2, 0) is 10.9 Å². The Morgan fingerprint density at radius 2 is 1.81 bits per heavy atom. The van der Waals surface area contributed by atoms with Gasteiger partial charge in [0.2, 0.25) is 0 Å². The number of anilines is 2. The first-order chi connectivity index (χ1) is 12.4. The van der Waals surface area contributed by atoms with Crippen molar-refractivity contribution in [2.24, 2.45) is 0 Å². The van der Waals surface area contributed by atoms with Crippen molar-refractivity contribution in [3.8, 4) is 0 Å². The Morgan fingerprint density at radius 1 is 1.12 bits per heavy atom. The molecule has 0 bridgehead atoms. The summed E-state index contributed by atoms with van der Waals surface area (Å²) in [5, 5.41) is 5.52. The highest BCUT2D eigenvalue weighted by atomic mass is 19.4. The van der Waals surface area contributed by atoms with Crippen LogP contribution in [0.25, 0.3) is 0 Å². The number of amides is 2. The Bertz CT molecular complexity index is 625. The molecule has 5 nitrogen and oxygen atoms in total. The number of hydrogen-bond donors (Lipinski definition) is 2. The van der Waals surface area contributed by atoms with E-state index in [-0.39, 0.29) is 11.7 Å². The fourth-order valence-electron chi connectivity index (χ4n) is 3.48. The van der Waals surface area contributed by atoms with E-state index in [1.54, 1.807) is 0 Å². The highest BCUT2D eigenvalue weighted by Crippen LogP contribution is 2.35. The number of benzene rings is 1. The number of nitrogens with zero attached hydrogens (tertiary/aromatic N) is 1. The fourth-order valence-corrected chi connectivity index (χ4v) is 3.48. The zero-order chi connectivity index (χ0) is 18.6. The molecule has 0 aromatic heterocycles. The van der Waals surface area contributed by atoms with Crippen LogP contribution >= 0.6 is 0 Å². The van der Waals surface area contributed by atoms with Crippen LogP contribution in [0.4, 0.5) is 29.3 Å². The molecule has 144 valence electrons. The molecule has 1 saturated heterocycles. The lowest BCUT2D eigenvalue weighted by molar-refractivity contribution is -0.137. The molecule has 26 heavy (non-hydrogen) atoms. The Hall–Kier alpha value is -1.96. The van der Waals surface area contributed by atoms with E-state index in [0.717, 1.165) is 44.2 Å². The third-order valence-corrected chi connectivity index (χ3v) is 4.86. The number of ether oxygens (including phenoxy) is 1. The molecule has 0 atom stereocenters. The van der Waals surface area contributed by atoms with E-state index in [0.29, 0.717) is 32.0 Å².